The van der Waals surface area contributed by atoms with E-state index in [-0.39, 0.29) is 6.04 Å². The number of aliphatic hydroxyl groups is 3. The van der Waals surface area contributed by atoms with Gasteiger partial charge in [-0.3, -0.25) is 4.57 Å². The van der Waals surface area contributed by atoms with Gasteiger partial charge in [-0.15, -0.1) is 0 Å². The van der Waals surface area contributed by atoms with Crippen LogP contribution in [0.25, 0.3) is 11.0 Å². The number of fused-ring (bicyclic) bond motifs is 1. The molecule has 9 heteroatoms. The van der Waals surface area contributed by atoms with Gasteiger partial charge in [-0.05, 0) is 26.0 Å². The molecule has 1 aromatic heterocycles. The Morgan fingerprint density at radius 3 is 2.50 bits per heavy atom. The molecule has 2 heterocycles. The number of nitrogens with zero attached hydrogens (tertiary/aromatic N) is 2. The van der Waals surface area contributed by atoms with E-state index in [2.05, 4.69) is 10.3 Å². The molecule has 1 saturated heterocycles. The maximum Gasteiger partial charge on any atom is 0.206 e. The molecule has 0 unspecified atom stereocenters. The van der Waals surface area contributed by atoms with Crippen molar-refractivity contribution >= 4 is 40.2 Å². The molecule has 24 heavy (non-hydrogen) atoms. The van der Waals surface area contributed by atoms with Crippen molar-refractivity contribution < 1.29 is 20.1 Å². The van der Waals surface area contributed by atoms with Gasteiger partial charge in [0, 0.05) is 6.04 Å². The third-order valence-electron chi connectivity index (χ3n) is 3.92. The minimum Gasteiger partial charge on any atom is -0.394 e. The van der Waals surface area contributed by atoms with Gasteiger partial charge in [-0.2, -0.15) is 0 Å². The molecule has 132 valence electrons. The second-order valence-electron chi connectivity index (χ2n) is 6.09. The third-order valence-corrected chi connectivity index (χ3v) is 4.64. The van der Waals surface area contributed by atoms with Gasteiger partial charge in [0.05, 0.1) is 27.7 Å². The van der Waals surface area contributed by atoms with Crippen molar-refractivity contribution in [2.24, 2.45) is 0 Å². The molecule has 0 radical (unpaired) electrons. The van der Waals surface area contributed by atoms with Crippen LogP contribution in [0.1, 0.15) is 20.1 Å². The Balaban J connectivity index is 2.15. The zero-order chi connectivity index (χ0) is 17.6. The Kier molecular flexibility index (Phi) is 4.92. The highest BCUT2D eigenvalue weighted by molar-refractivity contribution is 6.42. The number of rotatable bonds is 4. The van der Waals surface area contributed by atoms with Crippen molar-refractivity contribution in [1.29, 1.82) is 0 Å². The average molecular weight is 376 g/mol. The van der Waals surface area contributed by atoms with E-state index in [1.807, 2.05) is 13.8 Å². The summed E-state index contributed by atoms with van der Waals surface area (Å²) < 4.78 is 7.26. The van der Waals surface area contributed by atoms with Crippen LogP contribution in [0.15, 0.2) is 12.1 Å². The van der Waals surface area contributed by atoms with Gasteiger partial charge in [0.15, 0.2) is 6.23 Å². The molecule has 1 aliphatic heterocycles. The van der Waals surface area contributed by atoms with Gasteiger partial charge in [0.2, 0.25) is 5.95 Å². The number of hydrogen-bond donors (Lipinski definition) is 4. The van der Waals surface area contributed by atoms with E-state index < -0.39 is 31.1 Å². The molecule has 3 rings (SSSR count). The van der Waals surface area contributed by atoms with Gasteiger partial charge >= 0.3 is 0 Å². The molecule has 2 aromatic rings. The SMILES string of the molecule is CC(C)Nc1nc2cc(Cl)c(Cl)cc2n1[C@@H]1O[C@H](CO)[C@H](O)[C@H]1O. The highest BCUT2D eigenvalue weighted by atomic mass is 35.5. The molecule has 1 aliphatic rings. The summed E-state index contributed by atoms with van der Waals surface area (Å²) in [5.74, 6) is 0.452. The Morgan fingerprint density at radius 2 is 1.92 bits per heavy atom. The Bertz CT molecular complexity index is 752. The molecule has 4 N–H and O–H groups in total. The smallest absolute Gasteiger partial charge is 0.206 e. The summed E-state index contributed by atoms with van der Waals surface area (Å²) in [5.41, 5.74) is 1.17. The van der Waals surface area contributed by atoms with Crippen molar-refractivity contribution in [2.75, 3.05) is 11.9 Å². The van der Waals surface area contributed by atoms with Crippen LogP contribution in [0.3, 0.4) is 0 Å². The summed E-state index contributed by atoms with van der Waals surface area (Å²) in [6.45, 7) is 3.49. The monoisotopic (exact) mass is 375 g/mol. The Labute approximate surface area is 148 Å². The molecule has 0 saturated carbocycles. The van der Waals surface area contributed by atoms with E-state index in [9.17, 15) is 15.3 Å². The van der Waals surface area contributed by atoms with E-state index >= 15 is 0 Å². The van der Waals surface area contributed by atoms with Crippen LogP contribution in [-0.4, -0.2) is 55.8 Å². The van der Waals surface area contributed by atoms with Crippen LogP contribution in [0, 0.1) is 0 Å². The van der Waals surface area contributed by atoms with Crippen LogP contribution in [0.4, 0.5) is 5.95 Å². The van der Waals surface area contributed by atoms with Crippen molar-refractivity contribution in [3.8, 4) is 0 Å². The van der Waals surface area contributed by atoms with Crippen molar-refractivity contribution in [1.82, 2.24) is 9.55 Å². The maximum atomic E-state index is 10.4. The molecule has 0 amide bonds. The number of hydrogen-bond acceptors (Lipinski definition) is 6. The normalized spacial score (nSPS) is 27.3. The number of anilines is 1. The number of ether oxygens (including phenoxy) is 1. The fourth-order valence-corrected chi connectivity index (χ4v) is 3.12. The molecule has 1 fully saturated rings. The second kappa shape index (κ2) is 6.67. The zero-order valence-corrected chi connectivity index (χ0v) is 14.7. The molecule has 1 aromatic carbocycles. The number of halogens is 2. The van der Waals surface area contributed by atoms with Crippen LogP contribution < -0.4 is 5.32 Å². The van der Waals surface area contributed by atoms with E-state index in [1.54, 1.807) is 16.7 Å². The van der Waals surface area contributed by atoms with E-state index in [1.165, 1.54) is 0 Å². The molecular weight excluding hydrogens is 357 g/mol. The average Bonchev–Trinajstić information content (AvgIpc) is 2.97. The number of imidazole rings is 1. The minimum atomic E-state index is -1.22. The van der Waals surface area contributed by atoms with E-state index in [0.717, 1.165) is 0 Å². The van der Waals surface area contributed by atoms with Crippen molar-refractivity contribution in [3.05, 3.63) is 22.2 Å². The van der Waals surface area contributed by atoms with Gasteiger partial charge < -0.3 is 25.4 Å². The summed E-state index contributed by atoms with van der Waals surface area (Å²) in [6.07, 6.45) is -4.22. The van der Waals surface area contributed by atoms with Crippen LogP contribution >= 0.6 is 23.2 Å². The lowest BCUT2D eigenvalue weighted by molar-refractivity contribution is -0.0499. The van der Waals surface area contributed by atoms with Crippen molar-refractivity contribution in [2.45, 2.75) is 44.4 Å². The van der Waals surface area contributed by atoms with Gasteiger partial charge in [0.25, 0.3) is 0 Å². The second-order valence-corrected chi connectivity index (χ2v) is 6.90. The van der Waals surface area contributed by atoms with Crippen LogP contribution in [-0.2, 0) is 4.74 Å². The Morgan fingerprint density at radius 1 is 1.25 bits per heavy atom. The van der Waals surface area contributed by atoms with Gasteiger partial charge in [0.1, 0.15) is 18.3 Å². The first-order valence-electron chi connectivity index (χ1n) is 7.59. The lowest BCUT2D eigenvalue weighted by atomic mass is 10.1. The summed E-state index contributed by atoms with van der Waals surface area (Å²) in [5, 5.41) is 33.6. The van der Waals surface area contributed by atoms with Crippen LogP contribution in [0.2, 0.25) is 10.0 Å². The highest BCUT2D eigenvalue weighted by Gasteiger charge is 2.44. The quantitative estimate of drug-likeness (QED) is 0.649. The standard InChI is InChI=1S/C15H19Cl2N3O4/c1-6(2)18-15-19-9-3-7(16)8(17)4-10(9)20(15)14-13(23)12(22)11(5-21)24-14/h3-4,6,11-14,21-23H,5H2,1-2H3,(H,18,19)/t11-,12+,13-,14-/m1/s1. The largest absolute Gasteiger partial charge is 0.394 e. The lowest BCUT2D eigenvalue weighted by Gasteiger charge is -2.21. The molecule has 0 aliphatic carbocycles. The minimum absolute atomic E-state index is 0.0728. The third kappa shape index (κ3) is 2.96. The molecule has 0 bridgehead atoms. The predicted molar refractivity (Wildman–Crippen MR) is 91.5 cm³/mol. The summed E-state index contributed by atoms with van der Waals surface area (Å²) in [7, 11) is 0. The van der Waals surface area contributed by atoms with Crippen molar-refractivity contribution in [3.63, 3.8) is 0 Å². The fraction of sp³-hybridized carbons (Fsp3) is 0.533. The molecular formula is C15H19Cl2N3O4. The summed E-state index contributed by atoms with van der Waals surface area (Å²) in [6, 6.07) is 3.33. The van der Waals surface area contributed by atoms with Gasteiger partial charge in [-0.1, -0.05) is 23.2 Å². The first-order valence-corrected chi connectivity index (χ1v) is 8.35. The topological polar surface area (TPSA) is 99.8 Å². The number of benzene rings is 1. The van der Waals surface area contributed by atoms with Gasteiger partial charge in [-0.25, -0.2) is 4.98 Å². The highest BCUT2D eigenvalue weighted by Crippen LogP contribution is 2.37. The number of aromatic nitrogens is 2. The lowest BCUT2D eigenvalue weighted by Crippen LogP contribution is -2.33. The number of nitrogens with one attached hydrogen (secondary N) is 1. The first kappa shape index (κ1) is 17.7. The summed E-state index contributed by atoms with van der Waals surface area (Å²) in [4.78, 5) is 4.48. The molecule has 7 nitrogen and oxygen atoms in total. The Hall–Kier alpha value is -1.09. The van der Waals surface area contributed by atoms with E-state index in [4.69, 9.17) is 27.9 Å². The zero-order valence-electron chi connectivity index (χ0n) is 13.1. The first-order chi connectivity index (χ1) is 11.3. The predicted octanol–water partition coefficient (Wildman–Crippen LogP) is 1.77. The number of aliphatic hydroxyl groups excluding tert-OH is 3. The molecule has 4 atom stereocenters. The van der Waals surface area contributed by atoms with E-state index in [0.29, 0.717) is 27.0 Å². The summed E-state index contributed by atoms with van der Waals surface area (Å²) >= 11 is 12.2. The van der Waals surface area contributed by atoms with Crippen LogP contribution in [0.5, 0.6) is 0 Å². The maximum absolute atomic E-state index is 10.4. The molecule has 0 spiro atoms. The fourth-order valence-electron chi connectivity index (χ4n) is 2.80.